The molecule has 0 saturated carbocycles. The van der Waals surface area contributed by atoms with Crippen molar-refractivity contribution in [2.24, 2.45) is 0 Å². The Hall–Kier alpha value is -1.09. The number of para-hydroxylation sites is 1. The van der Waals surface area contributed by atoms with E-state index in [-0.39, 0.29) is 5.56 Å². The molecule has 1 heterocycles. The highest BCUT2D eigenvalue weighted by atomic mass is 79.9. The first kappa shape index (κ1) is 10.4. The fourth-order valence-electron chi connectivity index (χ4n) is 1.90. The second-order valence-electron chi connectivity index (χ2n) is 3.44. The Labute approximate surface area is 96.5 Å². The van der Waals surface area contributed by atoms with E-state index in [1.54, 1.807) is 0 Å². The lowest BCUT2D eigenvalue weighted by Crippen LogP contribution is -2.14. The van der Waals surface area contributed by atoms with Gasteiger partial charge >= 0.3 is 0 Å². The largest absolute Gasteiger partial charge is 0.322 e. The van der Waals surface area contributed by atoms with E-state index in [4.69, 9.17) is 0 Å². The minimum Gasteiger partial charge on any atom is -0.322 e. The maximum Gasteiger partial charge on any atom is 0.252 e. The molecule has 0 aliphatic rings. The first-order chi connectivity index (χ1) is 7.27. The predicted octanol–water partition coefficient (Wildman–Crippen LogP) is 2.99. The number of rotatable bonds is 2. The molecule has 0 spiro atoms. The Morgan fingerprint density at radius 3 is 2.67 bits per heavy atom. The number of halogens is 1. The van der Waals surface area contributed by atoms with Gasteiger partial charge < -0.3 is 4.98 Å². The van der Waals surface area contributed by atoms with Crippen molar-refractivity contribution in [3.63, 3.8) is 0 Å². The number of hydrogen-bond donors (Lipinski definition) is 1. The topological polar surface area (TPSA) is 32.9 Å². The van der Waals surface area contributed by atoms with Gasteiger partial charge in [-0.3, -0.25) is 4.79 Å². The molecular weight excluding hydrogens is 254 g/mol. The van der Waals surface area contributed by atoms with Gasteiger partial charge in [0, 0.05) is 21.8 Å². The molecule has 0 saturated heterocycles. The zero-order valence-corrected chi connectivity index (χ0v) is 10.1. The number of aromatic nitrogens is 1. The van der Waals surface area contributed by atoms with Gasteiger partial charge in [0.05, 0.1) is 0 Å². The highest BCUT2D eigenvalue weighted by Crippen LogP contribution is 2.19. The van der Waals surface area contributed by atoms with E-state index in [1.165, 1.54) is 0 Å². The summed E-state index contributed by atoms with van der Waals surface area (Å²) in [4.78, 5) is 14.7. The van der Waals surface area contributed by atoms with Crippen LogP contribution in [-0.2, 0) is 11.8 Å². The van der Waals surface area contributed by atoms with Crippen molar-refractivity contribution < 1.29 is 0 Å². The third kappa shape index (κ3) is 1.72. The molecule has 1 aromatic carbocycles. The normalized spacial score (nSPS) is 10.8. The highest BCUT2D eigenvalue weighted by Gasteiger charge is 2.08. The van der Waals surface area contributed by atoms with Crippen LogP contribution < -0.4 is 5.56 Å². The Morgan fingerprint density at radius 1 is 1.27 bits per heavy atom. The predicted molar refractivity (Wildman–Crippen MR) is 66.6 cm³/mol. The van der Waals surface area contributed by atoms with Crippen LogP contribution in [0.3, 0.4) is 0 Å². The molecule has 78 valence electrons. The molecule has 2 rings (SSSR count). The molecule has 0 bridgehead atoms. The van der Waals surface area contributed by atoms with Gasteiger partial charge in [-0.05, 0) is 18.1 Å². The van der Waals surface area contributed by atoms with E-state index in [0.717, 1.165) is 28.5 Å². The van der Waals surface area contributed by atoms with Crippen LogP contribution in [0.2, 0.25) is 0 Å². The number of nitrogens with one attached hydrogen (secondary N) is 1. The van der Waals surface area contributed by atoms with Crippen LogP contribution in [0.15, 0.2) is 29.1 Å². The lowest BCUT2D eigenvalue weighted by atomic mass is 10.0. The first-order valence-corrected chi connectivity index (χ1v) is 6.08. The van der Waals surface area contributed by atoms with E-state index in [9.17, 15) is 4.79 Å². The van der Waals surface area contributed by atoms with Crippen LogP contribution in [0.1, 0.15) is 18.1 Å². The molecule has 3 heteroatoms. The van der Waals surface area contributed by atoms with Crippen LogP contribution in [0, 0.1) is 0 Å². The van der Waals surface area contributed by atoms with Crippen LogP contribution >= 0.6 is 15.9 Å². The van der Waals surface area contributed by atoms with Crippen molar-refractivity contribution in [3.8, 4) is 0 Å². The van der Waals surface area contributed by atoms with Crippen molar-refractivity contribution in [2.45, 2.75) is 18.7 Å². The summed E-state index contributed by atoms with van der Waals surface area (Å²) >= 11 is 3.37. The number of hydrogen-bond acceptors (Lipinski definition) is 1. The van der Waals surface area contributed by atoms with Gasteiger partial charge in [-0.1, -0.05) is 41.1 Å². The van der Waals surface area contributed by atoms with Gasteiger partial charge in [-0.25, -0.2) is 0 Å². The van der Waals surface area contributed by atoms with Crippen LogP contribution in [0.4, 0.5) is 0 Å². The van der Waals surface area contributed by atoms with Crippen LogP contribution in [0.5, 0.6) is 0 Å². The number of fused-ring (bicyclic) bond motifs is 1. The Balaban J connectivity index is 2.91. The van der Waals surface area contributed by atoms with Crippen molar-refractivity contribution >= 4 is 26.8 Å². The maximum atomic E-state index is 11.8. The molecule has 2 nitrogen and oxygen atoms in total. The van der Waals surface area contributed by atoms with Gasteiger partial charge in [0.2, 0.25) is 0 Å². The molecule has 0 unspecified atom stereocenters. The standard InChI is InChI=1S/C12H12BrNO/c1-2-8-9-5-3-4-6-11(9)14-12(15)10(8)7-13/h3-6H,2,7H2,1H3,(H,14,15). The van der Waals surface area contributed by atoms with E-state index < -0.39 is 0 Å². The number of pyridine rings is 1. The summed E-state index contributed by atoms with van der Waals surface area (Å²) in [6, 6.07) is 7.92. The maximum absolute atomic E-state index is 11.8. The Morgan fingerprint density at radius 2 is 2.00 bits per heavy atom. The highest BCUT2D eigenvalue weighted by molar-refractivity contribution is 9.08. The molecule has 0 aliphatic carbocycles. The lowest BCUT2D eigenvalue weighted by Gasteiger charge is -2.08. The summed E-state index contributed by atoms with van der Waals surface area (Å²) in [5, 5.41) is 1.75. The summed E-state index contributed by atoms with van der Waals surface area (Å²) in [6.07, 6.45) is 0.880. The molecule has 0 amide bonds. The number of alkyl halides is 1. The fourth-order valence-corrected chi connectivity index (χ4v) is 2.49. The fraction of sp³-hybridized carbons (Fsp3) is 0.250. The zero-order chi connectivity index (χ0) is 10.8. The molecule has 1 N–H and O–H groups in total. The minimum absolute atomic E-state index is 0.0161. The van der Waals surface area contributed by atoms with E-state index in [1.807, 2.05) is 18.2 Å². The molecule has 2 aromatic rings. The van der Waals surface area contributed by atoms with Crippen molar-refractivity contribution in [2.75, 3.05) is 0 Å². The molecular formula is C12H12BrNO. The number of benzene rings is 1. The Bertz CT molecular complexity index is 545. The van der Waals surface area contributed by atoms with Gasteiger partial charge in [-0.15, -0.1) is 0 Å². The van der Waals surface area contributed by atoms with E-state index >= 15 is 0 Å². The number of H-pyrrole nitrogens is 1. The summed E-state index contributed by atoms with van der Waals surface area (Å²) in [6.45, 7) is 2.08. The SMILES string of the molecule is CCc1c(CBr)c(=O)[nH]c2ccccc12. The average molecular weight is 266 g/mol. The van der Waals surface area contributed by atoms with Crippen molar-refractivity contribution in [1.29, 1.82) is 0 Å². The molecule has 15 heavy (non-hydrogen) atoms. The van der Waals surface area contributed by atoms with Crippen LogP contribution in [-0.4, -0.2) is 4.98 Å². The lowest BCUT2D eigenvalue weighted by molar-refractivity contribution is 1.08. The quantitative estimate of drug-likeness (QED) is 0.833. The number of aromatic amines is 1. The summed E-state index contributed by atoms with van der Waals surface area (Å²) < 4.78 is 0. The summed E-state index contributed by atoms with van der Waals surface area (Å²) in [7, 11) is 0. The smallest absolute Gasteiger partial charge is 0.252 e. The molecule has 0 radical (unpaired) electrons. The van der Waals surface area contributed by atoms with Gasteiger partial charge in [-0.2, -0.15) is 0 Å². The minimum atomic E-state index is 0.0161. The Kier molecular flexibility index (Phi) is 2.91. The third-order valence-electron chi connectivity index (χ3n) is 2.63. The van der Waals surface area contributed by atoms with E-state index in [2.05, 4.69) is 33.9 Å². The molecule has 0 aliphatic heterocycles. The van der Waals surface area contributed by atoms with Crippen molar-refractivity contribution in [1.82, 2.24) is 4.98 Å². The first-order valence-electron chi connectivity index (χ1n) is 4.96. The summed E-state index contributed by atoms with van der Waals surface area (Å²) in [5.74, 6) is 0. The molecule has 0 fully saturated rings. The van der Waals surface area contributed by atoms with Gasteiger partial charge in [0.25, 0.3) is 5.56 Å². The van der Waals surface area contributed by atoms with Crippen molar-refractivity contribution in [3.05, 3.63) is 45.7 Å². The third-order valence-corrected chi connectivity index (χ3v) is 3.19. The summed E-state index contributed by atoms with van der Waals surface area (Å²) in [5.41, 5.74) is 2.92. The van der Waals surface area contributed by atoms with Crippen LogP contribution in [0.25, 0.3) is 10.9 Å². The van der Waals surface area contributed by atoms with E-state index in [0.29, 0.717) is 5.33 Å². The molecule has 1 aromatic heterocycles. The zero-order valence-electron chi connectivity index (χ0n) is 8.51. The van der Waals surface area contributed by atoms with Gasteiger partial charge in [0.1, 0.15) is 0 Å². The molecule has 0 atom stereocenters. The van der Waals surface area contributed by atoms with Gasteiger partial charge in [0.15, 0.2) is 0 Å². The monoisotopic (exact) mass is 265 g/mol. The average Bonchev–Trinajstić information content (AvgIpc) is 2.27. The second kappa shape index (κ2) is 4.19. The number of aryl methyl sites for hydroxylation is 1. The second-order valence-corrected chi connectivity index (χ2v) is 4.00.